The summed E-state index contributed by atoms with van der Waals surface area (Å²) in [5.41, 5.74) is 3.12. The summed E-state index contributed by atoms with van der Waals surface area (Å²) in [5, 5.41) is 17.9. The van der Waals surface area contributed by atoms with Gasteiger partial charge in [-0.3, -0.25) is 4.39 Å². The van der Waals surface area contributed by atoms with E-state index in [-0.39, 0.29) is 37.6 Å². The summed E-state index contributed by atoms with van der Waals surface area (Å²) in [5.74, 6) is 0.868. The van der Waals surface area contributed by atoms with E-state index in [0.717, 1.165) is 42.4 Å². The first kappa shape index (κ1) is 35.8. The zero-order valence-corrected chi connectivity index (χ0v) is 25.9. The van der Waals surface area contributed by atoms with Crippen LogP contribution in [0.2, 0.25) is 0 Å². The Bertz CT molecular complexity index is 1420. The molecular formula is C36H41FO9. The Labute approximate surface area is 268 Å². The van der Waals surface area contributed by atoms with Crippen molar-refractivity contribution in [3.05, 3.63) is 96.6 Å². The quantitative estimate of drug-likeness (QED) is 0.0646. The van der Waals surface area contributed by atoms with E-state index in [1.165, 1.54) is 0 Å². The monoisotopic (exact) mass is 636 g/mol. The van der Waals surface area contributed by atoms with Gasteiger partial charge in [-0.15, -0.1) is 0 Å². The van der Waals surface area contributed by atoms with Crippen molar-refractivity contribution in [2.24, 2.45) is 0 Å². The minimum absolute atomic E-state index is 0.0102. The van der Waals surface area contributed by atoms with Crippen LogP contribution in [-0.4, -0.2) is 68.5 Å². The van der Waals surface area contributed by atoms with Gasteiger partial charge in [0.15, 0.2) is 0 Å². The van der Waals surface area contributed by atoms with Gasteiger partial charge in [-0.1, -0.05) is 44.2 Å². The molecule has 0 aliphatic carbocycles. The number of alkyl halides is 1. The predicted molar refractivity (Wildman–Crippen MR) is 172 cm³/mol. The van der Waals surface area contributed by atoms with E-state index in [1.807, 2.05) is 42.5 Å². The van der Waals surface area contributed by atoms with Crippen molar-refractivity contribution < 1.29 is 47.9 Å². The van der Waals surface area contributed by atoms with E-state index in [1.54, 1.807) is 24.3 Å². The summed E-state index contributed by atoms with van der Waals surface area (Å²) in [7, 11) is 0. The van der Waals surface area contributed by atoms with Crippen molar-refractivity contribution in [3.8, 4) is 34.1 Å². The number of hydrogen-bond acceptors (Lipinski definition) is 9. The first-order valence-electron chi connectivity index (χ1n) is 15.1. The molecule has 3 rings (SSSR count). The highest BCUT2D eigenvalue weighted by Gasteiger charge is 2.11. The molecule has 46 heavy (non-hydrogen) atoms. The number of unbranched alkanes of at least 4 members (excludes halogenated alkanes) is 3. The second-order valence-electron chi connectivity index (χ2n) is 10.3. The van der Waals surface area contributed by atoms with Gasteiger partial charge in [-0.2, -0.15) is 0 Å². The van der Waals surface area contributed by atoms with Gasteiger partial charge in [-0.25, -0.2) is 9.59 Å². The standard InChI is InChI=1S/C36H41FO9/c1-26(24-38)35(40)45-22-21-43-30-10-8-28(9-11-30)34-17-16-33(23-29(34)7-5-3-4-6-18-37)44-20-19-42-31-12-14-32(15-13-31)46-36(41)27(2)25-39/h8-17,23,38-39H,1-7,18-22,24-25H2. The molecule has 0 radical (unpaired) electrons. The summed E-state index contributed by atoms with van der Waals surface area (Å²) in [6, 6.07) is 20.1. The van der Waals surface area contributed by atoms with Crippen LogP contribution in [-0.2, 0) is 20.7 Å². The van der Waals surface area contributed by atoms with Gasteiger partial charge < -0.3 is 33.9 Å². The van der Waals surface area contributed by atoms with E-state index >= 15 is 0 Å². The topological polar surface area (TPSA) is 121 Å². The van der Waals surface area contributed by atoms with E-state index in [4.69, 9.17) is 33.9 Å². The van der Waals surface area contributed by atoms with Gasteiger partial charge in [0.05, 0.1) is 31.0 Å². The molecule has 0 fully saturated rings. The lowest BCUT2D eigenvalue weighted by atomic mass is 9.95. The van der Waals surface area contributed by atoms with Crippen LogP contribution in [0.4, 0.5) is 4.39 Å². The lowest BCUT2D eigenvalue weighted by Crippen LogP contribution is -2.14. The van der Waals surface area contributed by atoms with Gasteiger partial charge in [0, 0.05) is 0 Å². The molecule has 3 aromatic carbocycles. The Kier molecular flexibility index (Phi) is 15.3. The van der Waals surface area contributed by atoms with Crippen LogP contribution in [0.25, 0.3) is 11.1 Å². The maximum Gasteiger partial charge on any atom is 0.341 e. The van der Waals surface area contributed by atoms with E-state index in [0.29, 0.717) is 36.0 Å². The Morgan fingerprint density at radius 3 is 1.78 bits per heavy atom. The number of carbonyl (C=O) groups excluding carboxylic acids is 2. The molecule has 0 unspecified atom stereocenters. The first-order chi connectivity index (χ1) is 22.3. The zero-order valence-electron chi connectivity index (χ0n) is 25.9. The SMILES string of the molecule is C=C(CO)C(=O)OCCOc1ccc(-c2ccc(OCCOc3ccc(OC(=O)C(=C)CO)cc3)cc2CCCCCCF)cc1. The number of rotatable bonds is 21. The second-order valence-corrected chi connectivity index (χ2v) is 10.3. The third kappa shape index (κ3) is 12.0. The number of aliphatic hydroxyl groups excluding tert-OH is 2. The molecule has 0 saturated carbocycles. The molecule has 2 N–H and O–H groups in total. The highest BCUT2D eigenvalue weighted by molar-refractivity contribution is 5.89. The lowest BCUT2D eigenvalue weighted by molar-refractivity contribution is -0.140. The van der Waals surface area contributed by atoms with Gasteiger partial charge in [0.25, 0.3) is 0 Å². The van der Waals surface area contributed by atoms with E-state index in [2.05, 4.69) is 13.2 Å². The number of carbonyl (C=O) groups is 2. The average Bonchev–Trinajstić information content (AvgIpc) is 3.08. The van der Waals surface area contributed by atoms with Crippen LogP contribution >= 0.6 is 0 Å². The fourth-order valence-electron chi connectivity index (χ4n) is 4.27. The minimum Gasteiger partial charge on any atom is -0.490 e. The fraction of sp³-hybridized carbons (Fsp3) is 0.333. The molecule has 10 heteroatoms. The van der Waals surface area contributed by atoms with Gasteiger partial charge in [0.1, 0.15) is 49.4 Å². The van der Waals surface area contributed by atoms with Crippen molar-refractivity contribution in [3.63, 3.8) is 0 Å². The molecule has 0 bridgehead atoms. The van der Waals surface area contributed by atoms with Gasteiger partial charge in [-0.05, 0) is 84.5 Å². The van der Waals surface area contributed by atoms with Gasteiger partial charge >= 0.3 is 11.9 Å². The smallest absolute Gasteiger partial charge is 0.341 e. The number of aryl methyl sites for hydroxylation is 1. The van der Waals surface area contributed by atoms with E-state index < -0.39 is 25.2 Å². The van der Waals surface area contributed by atoms with Crippen molar-refractivity contribution in [1.29, 1.82) is 0 Å². The molecule has 0 amide bonds. The molecule has 0 aromatic heterocycles. The molecule has 0 spiro atoms. The third-order valence-corrected chi connectivity index (χ3v) is 6.77. The van der Waals surface area contributed by atoms with Crippen molar-refractivity contribution in [2.45, 2.75) is 32.1 Å². The van der Waals surface area contributed by atoms with Gasteiger partial charge in [0.2, 0.25) is 0 Å². The van der Waals surface area contributed by atoms with Crippen LogP contribution in [0.3, 0.4) is 0 Å². The molecular weight excluding hydrogens is 595 g/mol. The minimum atomic E-state index is -0.694. The zero-order chi connectivity index (χ0) is 33.1. The normalized spacial score (nSPS) is 10.6. The number of benzene rings is 3. The predicted octanol–water partition coefficient (Wildman–Crippen LogP) is 5.81. The van der Waals surface area contributed by atoms with Crippen molar-refractivity contribution in [1.82, 2.24) is 0 Å². The molecule has 0 heterocycles. The largest absolute Gasteiger partial charge is 0.490 e. The molecule has 0 saturated heterocycles. The highest BCUT2D eigenvalue weighted by atomic mass is 19.1. The fourth-order valence-corrected chi connectivity index (χ4v) is 4.27. The molecule has 3 aromatic rings. The van der Waals surface area contributed by atoms with Crippen LogP contribution in [0, 0.1) is 0 Å². The maximum absolute atomic E-state index is 12.6. The summed E-state index contributed by atoms with van der Waals surface area (Å²) >= 11 is 0. The summed E-state index contributed by atoms with van der Waals surface area (Å²) < 4.78 is 40.1. The van der Waals surface area contributed by atoms with Crippen LogP contribution < -0.4 is 18.9 Å². The summed E-state index contributed by atoms with van der Waals surface area (Å²) in [6.45, 7) is 6.42. The van der Waals surface area contributed by atoms with Crippen LogP contribution in [0.15, 0.2) is 91.0 Å². The van der Waals surface area contributed by atoms with Crippen LogP contribution in [0.5, 0.6) is 23.0 Å². The Morgan fingerprint density at radius 1 is 0.630 bits per heavy atom. The molecule has 0 aliphatic heterocycles. The molecule has 0 atom stereocenters. The average molecular weight is 637 g/mol. The third-order valence-electron chi connectivity index (χ3n) is 6.77. The summed E-state index contributed by atoms with van der Waals surface area (Å²) in [6.07, 6.45) is 4.07. The van der Waals surface area contributed by atoms with Crippen LogP contribution in [0.1, 0.15) is 31.2 Å². The maximum atomic E-state index is 12.6. The Hall–Kier alpha value is -4.67. The Morgan fingerprint density at radius 2 is 1.15 bits per heavy atom. The number of esters is 2. The van der Waals surface area contributed by atoms with E-state index in [9.17, 15) is 14.0 Å². The lowest BCUT2D eigenvalue weighted by Gasteiger charge is -2.14. The summed E-state index contributed by atoms with van der Waals surface area (Å²) in [4.78, 5) is 23.3. The number of halogens is 1. The second kappa shape index (κ2) is 19.7. The van der Waals surface area contributed by atoms with Crippen molar-refractivity contribution in [2.75, 3.05) is 46.3 Å². The first-order valence-corrected chi connectivity index (χ1v) is 15.1. The van der Waals surface area contributed by atoms with Crippen molar-refractivity contribution >= 4 is 11.9 Å². The number of aliphatic hydroxyl groups is 2. The molecule has 9 nitrogen and oxygen atoms in total. The number of hydrogen-bond donors (Lipinski definition) is 2. The molecule has 246 valence electrons. The Balaban J connectivity index is 1.56. The molecule has 0 aliphatic rings. The highest BCUT2D eigenvalue weighted by Crippen LogP contribution is 2.30. The number of ether oxygens (including phenoxy) is 5.